The SMILES string of the molecule is Cc1nc2c(-c3ccccc3)c(C)[nH]n2c(=O)c1Cc1ccc(Br)cc1. The summed E-state index contributed by atoms with van der Waals surface area (Å²) in [5.41, 5.74) is 6.16. The summed E-state index contributed by atoms with van der Waals surface area (Å²) in [7, 11) is 0. The van der Waals surface area contributed by atoms with E-state index in [1.54, 1.807) is 4.52 Å². The fourth-order valence-corrected chi connectivity index (χ4v) is 3.55. The molecule has 2 heterocycles. The van der Waals surface area contributed by atoms with Crippen LogP contribution in [0.15, 0.2) is 63.9 Å². The van der Waals surface area contributed by atoms with Crippen molar-refractivity contribution in [3.05, 3.63) is 91.9 Å². The number of H-pyrrole nitrogens is 1. The number of hydrogen-bond donors (Lipinski definition) is 1. The predicted octanol–water partition coefficient (Wildman–Crippen LogP) is 4.66. The van der Waals surface area contributed by atoms with Gasteiger partial charge in [0.15, 0.2) is 5.65 Å². The molecule has 4 rings (SSSR count). The van der Waals surface area contributed by atoms with E-state index in [2.05, 4.69) is 21.0 Å². The van der Waals surface area contributed by atoms with Crippen LogP contribution >= 0.6 is 15.9 Å². The Morgan fingerprint density at radius 3 is 2.42 bits per heavy atom. The second kappa shape index (κ2) is 6.57. The summed E-state index contributed by atoms with van der Waals surface area (Å²) >= 11 is 3.44. The van der Waals surface area contributed by atoms with Crippen LogP contribution in [0, 0.1) is 13.8 Å². The van der Waals surface area contributed by atoms with E-state index in [0.29, 0.717) is 17.6 Å². The van der Waals surface area contributed by atoms with Gasteiger partial charge in [0.2, 0.25) is 0 Å². The van der Waals surface area contributed by atoms with Crippen LogP contribution in [0.3, 0.4) is 0 Å². The lowest BCUT2D eigenvalue weighted by atomic mass is 10.0. The van der Waals surface area contributed by atoms with E-state index >= 15 is 0 Å². The third kappa shape index (κ3) is 2.88. The van der Waals surface area contributed by atoms with Crippen LogP contribution in [-0.2, 0) is 6.42 Å². The third-order valence-electron chi connectivity index (χ3n) is 4.62. The van der Waals surface area contributed by atoms with Crippen LogP contribution in [0.4, 0.5) is 0 Å². The lowest BCUT2D eigenvalue weighted by Gasteiger charge is -2.07. The van der Waals surface area contributed by atoms with Crippen LogP contribution in [0.1, 0.15) is 22.5 Å². The Hall–Kier alpha value is -2.66. The number of benzene rings is 2. The Balaban J connectivity index is 1.88. The lowest BCUT2D eigenvalue weighted by Crippen LogP contribution is -2.22. The molecule has 0 saturated heterocycles. The van der Waals surface area contributed by atoms with Crippen LogP contribution in [-0.4, -0.2) is 14.6 Å². The van der Waals surface area contributed by atoms with Crippen molar-refractivity contribution in [1.82, 2.24) is 14.6 Å². The third-order valence-corrected chi connectivity index (χ3v) is 5.15. The van der Waals surface area contributed by atoms with Gasteiger partial charge in [-0.25, -0.2) is 9.50 Å². The minimum atomic E-state index is -0.0410. The van der Waals surface area contributed by atoms with Crippen molar-refractivity contribution >= 4 is 21.6 Å². The van der Waals surface area contributed by atoms with E-state index in [0.717, 1.165) is 32.6 Å². The number of nitrogens with zero attached hydrogens (tertiary/aromatic N) is 2. The summed E-state index contributed by atoms with van der Waals surface area (Å²) < 4.78 is 2.59. The lowest BCUT2D eigenvalue weighted by molar-refractivity contribution is 0.847. The Kier molecular flexibility index (Phi) is 4.24. The molecule has 0 bridgehead atoms. The standard InChI is InChI=1S/C21H18BrN3O/c1-13-18(12-15-8-10-17(22)11-9-15)21(26)25-20(23-13)19(14(2)24-25)16-6-4-3-5-7-16/h3-11,24H,12H2,1-2H3. The van der Waals surface area contributed by atoms with E-state index in [-0.39, 0.29) is 5.56 Å². The zero-order valence-corrected chi connectivity index (χ0v) is 16.2. The van der Waals surface area contributed by atoms with Gasteiger partial charge in [-0.1, -0.05) is 58.4 Å². The van der Waals surface area contributed by atoms with E-state index in [9.17, 15) is 4.79 Å². The number of aromatic nitrogens is 3. The summed E-state index contributed by atoms with van der Waals surface area (Å²) in [6.45, 7) is 3.88. The van der Waals surface area contributed by atoms with Crippen LogP contribution in [0.2, 0.25) is 0 Å². The average molecular weight is 408 g/mol. The molecule has 4 nitrogen and oxygen atoms in total. The summed E-state index contributed by atoms with van der Waals surface area (Å²) in [5.74, 6) is 0. The second-order valence-corrected chi connectivity index (χ2v) is 7.34. The summed E-state index contributed by atoms with van der Waals surface area (Å²) in [6, 6.07) is 18.0. The van der Waals surface area contributed by atoms with Crippen molar-refractivity contribution in [3.8, 4) is 11.1 Å². The van der Waals surface area contributed by atoms with E-state index < -0.39 is 0 Å². The highest BCUT2D eigenvalue weighted by Crippen LogP contribution is 2.26. The maximum atomic E-state index is 13.1. The number of halogens is 1. The molecule has 1 N–H and O–H groups in total. The minimum absolute atomic E-state index is 0.0410. The molecule has 2 aromatic carbocycles. The monoisotopic (exact) mass is 407 g/mol. The van der Waals surface area contributed by atoms with Crippen molar-refractivity contribution in [3.63, 3.8) is 0 Å². The fourth-order valence-electron chi connectivity index (χ4n) is 3.29. The Labute approximate surface area is 159 Å². The molecule has 5 heteroatoms. The molecule has 0 radical (unpaired) electrons. The van der Waals surface area contributed by atoms with Gasteiger partial charge in [-0.2, -0.15) is 0 Å². The van der Waals surface area contributed by atoms with Gasteiger partial charge in [-0.05, 0) is 37.1 Å². The van der Waals surface area contributed by atoms with Gasteiger partial charge >= 0.3 is 0 Å². The van der Waals surface area contributed by atoms with Crippen LogP contribution < -0.4 is 5.56 Å². The topological polar surface area (TPSA) is 50.2 Å². The van der Waals surface area contributed by atoms with Gasteiger partial charge < -0.3 is 0 Å². The molecule has 2 aromatic heterocycles. The molecule has 0 aliphatic heterocycles. The van der Waals surface area contributed by atoms with Gasteiger partial charge in [0.25, 0.3) is 5.56 Å². The number of hydrogen-bond acceptors (Lipinski definition) is 2. The van der Waals surface area contributed by atoms with Crippen LogP contribution in [0.5, 0.6) is 0 Å². The van der Waals surface area contributed by atoms with Crippen molar-refractivity contribution in [2.75, 3.05) is 0 Å². The quantitative estimate of drug-likeness (QED) is 0.536. The molecule has 0 fully saturated rings. The molecule has 0 atom stereocenters. The van der Waals surface area contributed by atoms with Crippen molar-refractivity contribution in [1.29, 1.82) is 0 Å². The Morgan fingerprint density at radius 2 is 1.73 bits per heavy atom. The molecule has 0 spiro atoms. The van der Waals surface area contributed by atoms with Gasteiger partial charge in [-0.3, -0.25) is 9.89 Å². The smallest absolute Gasteiger partial charge is 0.276 e. The number of aryl methyl sites for hydroxylation is 2. The largest absolute Gasteiger partial charge is 0.293 e. The molecular formula is C21H18BrN3O. The molecule has 0 saturated carbocycles. The molecule has 0 amide bonds. The van der Waals surface area contributed by atoms with Gasteiger partial charge in [-0.15, -0.1) is 0 Å². The number of rotatable bonds is 3. The van der Waals surface area contributed by atoms with E-state index in [1.807, 2.05) is 68.4 Å². The zero-order chi connectivity index (χ0) is 18.3. The maximum absolute atomic E-state index is 13.1. The highest BCUT2D eigenvalue weighted by atomic mass is 79.9. The van der Waals surface area contributed by atoms with Gasteiger partial charge in [0.05, 0.1) is 0 Å². The highest BCUT2D eigenvalue weighted by Gasteiger charge is 2.17. The molecular weight excluding hydrogens is 390 g/mol. The molecule has 0 aliphatic carbocycles. The molecule has 0 unspecified atom stereocenters. The first-order valence-electron chi connectivity index (χ1n) is 8.45. The minimum Gasteiger partial charge on any atom is -0.293 e. The molecule has 26 heavy (non-hydrogen) atoms. The number of fused-ring (bicyclic) bond motifs is 1. The Morgan fingerprint density at radius 1 is 1.04 bits per heavy atom. The van der Waals surface area contributed by atoms with Crippen LogP contribution in [0.25, 0.3) is 16.8 Å². The first kappa shape index (κ1) is 16.8. The Bertz CT molecular complexity index is 1140. The summed E-state index contributed by atoms with van der Waals surface area (Å²) in [5, 5.41) is 3.19. The molecule has 4 aromatic rings. The first-order valence-corrected chi connectivity index (χ1v) is 9.24. The average Bonchev–Trinajstić information content (AvgIpc) is 2.97. The first-order chi connectivity index (χ1) is 12.5. The van der Waals surface area contributed by atoms with Gasteiger partial charge in [0, 0.05) is 33.4 Å². The zero-order valence-electron chi connectivity index (χ0n) is 14.6. The van der Waals surface area contributed by atoms with Crippen molar-refractivity contribution < 1.29 is 0 Å². The van der Waals surface area contributed by atoms with E-state index in [4.69, 9.17) is 4.98 Å². The molecule has 0 aliphatic rings. The fraction of sp³-hybridized carbons (Fsp3) is 0.143. The van der Waals surface area contributed by atoms with Crippen molar-refractivity contribution in [2.45, 2.75) is 20.3 Å². The van der Waals surface area contributed by atoms with E-state index in [1.165, 1.54) is 0 Å². The maximum Gasteiger partial charge on any atom is 0.276 e. The highest BCUT2D eigenvalue weighted by molar-refractivity contribution is 9.10. The van der Waals surface area contributed by atoms with Crippen molar-refractivity contribution in [2.24, 2.45) is 0 Å². The molecule has 130 valence electrons. The number of nitrogens with one attached hydrogen (secondary N) is 1. The predicted molar refractivity (Wildman–Crippen MR) is 108 cm³/mol. The summed E-state index contributed by atoms with van der Waals surface area (Å²) in [6.07, 6.45) is 0.562. The number of aromatic amines is 1. The normalized spacial score (nSPS) is 11.2. The second-order valence-electron chi connectivity index (χ2n) is 6.42. The van der Waals surface area contributed by atoms with Gasteiger partial charge in [0.1, 0.15) is 0 Å². The summed E-state index contributed by atoms with van der Waals surface area (Å²) in [4.78, 5) is 17.9.